The third kappa shape index (κ3) is 7.80. The average molecular weight is 752 g/mol. The van der Waals surface area contributed by atoms with Gasteiger partial charge in [0.1, 0.15) is 40.7 Å². The molecular formula is C37H49BrN7O5+. The fourth-order valence-electron chi connectivity index (χ4n) is 6.48. The maximum Gasteiger partial charge on any atom is 0.430 e. The predicted octanol–water partition coefficient (Wildman–Crippen LogP) is 7.83. The summed E-state index contributed by atoms with van der Waals surface area (Å²) in [7, 11) is 0. The Balaban J connectivity index is 1.57. The third-order valence-corrected chi connectivity index (χ3v) is 9.05. The minimum atomic E-state index is -0.792. The van der Waals surface area contributed by atoms with Crippen molar-refractivity contribution >= 4 is 50.8 Å². The van der Waals surface area contributed by atoms with Crippen LogP contribution in [0.3, 0.4) is 0 Å². The van der Waals surface area contributed by atoms with Crippen LogP contribution in [0.15, 0.2) is 51.7 Å². The number of allylic oxidation sites excluding steroid dienone is 3. The molecule has 4 heterocycles. The Bertz CT molecular complexity index is 1860. The molecule has 1 fully saturated rings. The number of hydrogen-bond acceptors (Lipinski definition) is 8. The van der Waals surface area contributed by atoms with Gasteiger partial charge in [-0.25, -0.2) is 24.3 Å². The van der Waals surface area contributed by atoms with Gasteiger partial charge in [0.25, 0.3) is 0 Å². The number of rotatable bonds is 7. The smallest absolute Gasteiger partial charge is 0.430 e. The molecule has 1 N–H and O–H groups in total. The van der Waals surface area contributed by atoms with E-state index in [9.17, 15) is 14.7 Å². The zero-order valence-electron chi connectivity index (χ0n) is 30.7. The van der Waals surface area contributed by atoms with Gasteiger partial charge in [-0.05, 0) is 106 Å². The number of hydrazine groups is 1. The fourth-order valence-corrected chi connectivity index (χ4v) is 6.84. The quantitative estimate of drug-likeness (QED) is 0.244. The zero-order valence-corrected chi connectivity index (χ0v) is 32.3. The SMILES string of the molecule is CCn1c(C2=C([C@H](C)O)N=[C+]C=C2)c(CC(C)(C)n2cc([C@@H]3CCCN(C(=O)OC(C)(C)C)N3C(=O)OC(C)(C)C)nn2)c2cc(Br)ccc21. The molecule has 0 unspecified atom stereocenters. The lowest BCUT2D eigenvalue weighted by Gasteiger charge is -2.43. The summed E-state index contributed by atoms with van der Waals surface area (Å²) in [5.74, 6) is 0. The Morgan fingerprint density at radius 2 is 1.76 bits per heavy atom. The third-order valence-electron chi connectivity index (χ3n) is 8.55. The monoisotopic (exact) mass is 750 g/mol. The number of aryl methyl sites for hydroxylation is 1. The standard InChI is InChI=1S/C37H49BrN7O5/c1-11-42-29-17-16-24(38)20-26(29)27(32(42)25-14-12-18-39-31(25)23(2)46)21-37(9,10)44-22-28(40-41-44)30-15-13-19-43(33(47)49-35(3,4)5)45(30)34(48)50-36(6,7)8/h12,14,16-17,20,22-23,30,46H,11,13,15,19,21H2,1-10H3/q+1/t23-,30-/m0/s1. The van der Waals surface area contributed by atoms with Gasteiger partial charge in [-0.1, -0.05) is 26.1 Å². The first kappa shape index (κ1) is 37.2. The van der Waals surface area contributed by atoms with Gasteiger partial charge in [-0.15, -0.1) is 5.10 Å². The summed E-state index contributed by atoms with van der Waals surface area (Å²) in [5, 5.41) is 23.7. The van der Waals surface area contributed by atoms with E-state index in [4.69, 9.17) is 9.47 Å². The number of aromatic nitrogens is 4. The molecule has 0 bridgehead atoms. The van der Waals surface area contributed by atoms with Crippen LogP contribution in [0.25, 0.3) is 16.5 Å². The predicted molar refractivity (Wildman–Crippen MR) is 197 cm³/mol. The van der Waals surface area contributed by atoms with Crippen LogP contribution in [0, 0.1) is 0 Å². The van der Waals surface area contributed by atoms with Gasteiger partial charge >= 0.3 is 12.2 Å². The second kappa shape index (κ2) is 13.9. The maximum absolute atomic E-state index is 13.7. The molecule has 3 aromatic rings. The molecular weight excluding hydrogens is 702 g/mol. The number of benzene rings is 1. The van der Waals surface area contributed by atoms with Crippen molar-refractivity contribution in [3.8, 4) is 0 Å². The van der Waals surface area contributed by atoms with Crippen LogP contribution in [-0.4, -0.2) is 76.9 Å². The van der Waals surface area contributed by atoms with E-state index < -0.39 is 41.1 Å². The molecule has 0 aliphatic carbocycles. The number of carbonyl (C=O) groups excluding carboxylic acids is 2. The molecule has 2 aromatic heterocycles. The van der Waals surface area contributed by atoms with E-state index >= 15 is 0 Å². The Hall–Kier alpha value is -4.06. The number of amides is 2. The molecule has 5 rings (SSSR count). The van der Waals surface area contributed by atoms with Crippen molar-refractivity contribution in [1.82, 2.24) is 29.6 Å². The number of hydrogen-bond donors (Lipinski definition) is 1. The van der Waals surface area contributed by atoms with Gasteiger partial charge in [0.2, 0.25) is 0 Å². The fraction of sp³-hybridized carbons (Fsp3) is 0.541. The number of aliphatic hydroxyl groups excluding tert-OH is 1. The second-order valence-corrected chi connectivity index (χ2v) is 16.4. The highest BCUT2D eigenvalue weighted by Gasteiger charge is 2.43. The zero-order chi connectivity index (χ0) is 36.8. The molecule has 2 amide bonds. The Kier molecular flexibility index (Phi) is 10.4. The lowest BCUT2D eigenvalue weighted by atomic mass is 9.90. The van der Waals surface area contributed by atoms with Crippen molar-refractivity contribution in [2.45, 2.75) is 124 Å². The minimum absolute atomic E-state index is 0.296. The summed E-state index contributed by atoms with van der Waals surface area (Å²) in [6.45, 7) is 19.7. The van der Waals surface area contributed by atoms with Gasteiger partial charge in [0.05, 0.1) is 23.5 Å². The summed E-state index contributed by atoms with van der Waals surface area (Å²) in [6, 6.07) is 5.65. The number of fused-ring (bicyclic) bond motifs is 1. The van der Waals surface area contributed by atoms with Crippen LogP contribution in [0.4, 0.5) is 9.59 Å². The normalized spacial score (nSPS) is 17.7. The maximum atomic E-state index is 13.7. The highest BCUT2D eigenvalue weighted by molar-refractivity contribution is 9.10. The first-order valence-electron chi connectivity index (χ1n) is 17.1. The molecule has 1 aromatic carbocycles. The first-order valence-corrected chi connectivity index (χ1v) is 17.9. The molecule has 50 heavy (non-hydrogen) atoms. The number of aliphatic imine (C=N–C) groups is 1. The van der Waals surface area contributed by atoms with Crippen molar-refractivity contribution in [2.24, 2.45) is 4.99 Å². The van der Waals surface area contributed by atoms with Gasteiger partial charge < -0.3 is 19.1 Å². The van der Waals surface area contributed by atoms with Gasteiger partial charge in [-0.3, -0.25) is 0 Å². The molecule has 2 aliphatic rings. The van der Waals surface area contributed by atoms with E-state index in [1.54, 1.807) is 54.5 Å². The minimum Gasteiger partial charge on any atom is -0.442 e. The number of nitrogens with zero attached hydrogens (tertiary/aromatic N) is 7. The lowest BCUT2D eigenvalue weighted by Crippen LogP contribution is -2.56. The van der Waals surface area contributed by atoms with Gasteiger partial charge in [-0.2, -0.15) is 0 Å². The summed E-state index contributed by atoms with van der Waals surface area (Å²) >= 11 is 3.68. The largest absolute Gasteiger partial charge is 0.442 e. The highest BCUT2D eigenvalue weighted by Crippen LogP contribution is 2.40. The van der Waals surface area contributed by atoms with E-state index in [1.807, 2.05) is 23.0 Å². The van der Waals surface area contributed by atoms with Crippen molar-refractivity contribution < 1.29 is 24.2 Å². The van der Waals surface area contributed by atoms with E-state index in [0.29, 0.717) is 43.7 Å². The number of ether oxygens (including phenoxy) is 2. The van der Waals surface area contributed by atoms with Crippen LogP contribution in [0.2, 0.25) is 0 Å². The van der Waals surface area contributed by atoms with Crippen LogP contribution in [0.1, 0.15) is 105 Å². The number of halogens is 1. The van der Waals surface area contributed by atoms with Crippen LogP contribution in [0.5, 0.6) is 0 Å². The lowest BCUT2D eigenvalue weighted by molar-refractivity contribution is -0.0963. The van der Waals surface area contributed by atoms with Crippen LogP contribution < -0.4 is 0 Å². The molecule has 0 radical (unpaired) electrons. The van der Waals surface area contributed by atoms with Crippen molar-refractivity contribution in [3.05, 3.63) is 63.7 Å². The number of aliphatic hydroxyl groups is 1. The molecule has 1 saturated heterocycles. The average Bonchev–Trinajstić information content (AvgIpc) is 3.63. The summed E-state index contributed by atoms with van der Waals surface area (Å²) < 4.78 is 16.5. The van der Waals surface area contributed by atoms with Crippen molar-refractivity contribution in [1.29, 1.82) is 0 Å². The van der Waals surface area contributed by atoms with Crippen molar-refractivity contribution in [2.75, 3.05) is 6.54 Å². The Labute approximate surface area is 302 Å². The molecule has 12 nitrogen and oxygen atoms in total. The second-order valence-electron chi connectivity index (χ2n) is 15.4. The molecule has 0 saturated carbocycles. The van der Waals surface area contributed by atoms with E-state index in [0.717, 1.165) is 32.2 Å². The topological polar surface area (TPSA) is 127 Å². The summed E-state index contributed by atoms with van der Waals surface area (Å²) in [5.41, 5.74) is 2.90. The van der Waals surface area contributed by atoms with Gasteiger partial charge in [0.15, 0.2) is 11.9 Å². The van der Waals surface area contributed by atoms with E-state index in [2.05, 4.69) is 74.9 Å². The molecule has 0 spiro atoms. The van der Waals surface area contributed by atoms with E-state index in [1.165, 1.54) is 10.0 Å². The summed E-state index contributed by atoms with van der Waals surface area (Å²) in [6.07, 6.45) is 8.13. The van der Waals surface area contributed by atoms with Gasteiger partial charge in [0, 0.05) is 34.9 Å². The highest BCUT2D eigenvalue weighted by atomic mass is 79.9. The number of carbonyl (C=O) groups is 2. The van der Waals surface area contributed by atoms with Crippen molar-refractivity contribution in [3.63, 3.8) is 0 Å². The Morgan fingerprint density at radius 1 is 1.08 bits per heavy atom. The van der Waals surface area contributed by atoms with Crippen LogP contribution in [-0.2, 0) is 28.0 Å². The molecule has 2 atom stereocenters. The van der Waals surface area contributed by atoms with Crippen LogP contribution >= 0.6 is 15.9 Å². The van der Waals surface area contributed by atoms with E-state index in [-0.39, 0.29) is 0 Å². The first-order chi connectivity index (χ1) is 23.3. The Morgan fingerprint density at radius 3 is 2.40 bits per heavy atom. The molecule has 2 aliphatic heterocycles. The molecule has 13 heteroatoms. The molecule has 268 valence electrons. The summed E-state index contributed by atoms with van der Waals surface area (Å²) in [4.78, 5) is 31.6.